The van der Waals surface area contributed by atoms with E-state index in [2.05, 4.69) is 0 Å². The Morgan fingerprint density at radius 3 is 2.68 bits per heavy atom. The molecule has 2 fully saturated rings. The molecule has 5 nitrogen and oxygen atoms in total. The van der Waals surface area contributed by atoms with Crippen LogP contribution in [-0.4, -0.2) is 48.2 Å². The van der Waals surface area contributed by atoms with Crippen LogP contribution >= 0.6 is 0 Å². The molecule has 25 heavy (non-hydrogen) atoms. The lowest BCUT2D eigenvalue weighted by Gasteiger charge is -2.33. The molecule has 136 valence electrons. The molecule has 1 N–H and O–H groups in total. The van der Waals surface area contributed by atoms with Crippen molar-refractivity contribution >= 4 is 11.9 Å². The number of alkyl halides is 3. The molecule has 2 atom stereocenters. The van der Waals surface area contributed by atoms with Crippen LogP contribution < -0.4 is 0 Å². The number of aliphatic carboxylic acids is 1. The van der Waals surface area contributed by atoms with Gasteiger partial charge in [0.1, 0.15) is 0 Å². The van der Waals surface area contributed by atoms with Gasteiger partial charge in [0.05, 0.1) is 24.0 Å². The number of amides is 1. The summed E-state index contributed by atoms with van der Waals surface area (Å²) in [5.74, 6) is -1.81. The number of likely N-dealkylation sites (tertiary alicyclic amines) is 1. The van der Waals surface area contributed by atoms with Crippen molar-refractivity contribution in [3.63, 3.8) is 0 Å². The van der Waals surface area contributed by atoms with Gasteiger partial charge < -0.3 is 14.7 Å². The molecule has 3 rings (SSSR count). The maximum Gasteiger partial charge on any atom is 0.416 e. The molecule has 0 bridgehead atoms. The molecular formula is C17H18F3NO4. The number of carboxylic acid groups (broad SMARTS) is 1. The lowest BCUT2D eigenvalue weighted by atomic mass is 9.74. The number of fused-ring (bicyclic) bond motifs is 1. The molecular weight excluding hydrogens is 339 g/mol. The van der Waals surface area contributed by atoms with Crippen LogP contribution in [0.1, 0.15) is 17.5 Å². The number of carboxylic acids is 1. The first kappa shape index (κ1) is 17.7. The molecule has 1 amide bonds. The predicted octanol–water partition coefficient (Wildman–Crippen LogP) is 2.20. The van der Waals surface area contributed by atoms with Crippen molar-refractivity contribution in [1.29, 1.82) is 0 Å². The average molecular weight is 357 g/mol. The second kappa shape index (κ2) is 6.33. The van der Waals surface area contributed by atoms with Gasteiger partial charge in [0.15, 0.2) is 0 Å². The van der Waals surface area contributed by atoms with Crippen molar-refractivity contribution in [3.8, 4) is 0 Å². The number of ether oxygens (including phenoxy) is 1. The molecule has 2 saturated heterocycles. The lowest BCUT2D eigenvalue weighted by Crippen LogP contribution is -2.45. The highest BCUT2D eigenvalue weighted by Gasteiger charge is 2.54. The largest absolute Gasteiger partial charge is 0.481 e. The van der Waals surface area contributed by atoms with Crippen LogP contribution in [0.3, 0.4) is 0 Å². The Labute approximate surface area is 142 Å². The topological polar surface area (TPSA) is 66.8 Å². The second-order valence-electron chi connectivity index (χ2n) is 6.59. The SMILES string of the molecule is O=C(Cc1ccccc1C(F)(F)F)N1C[C@H]2COCC[C@@]2(C(=O)O)C1. The standard InChI is InChI=1S/C17H18F3NO4/c18-17(19,20)13-4-2-1-3-11(13)7-14(22)21-8-12-9-25-6-5-16(12,10-21)15(23)24/h1-4,12H,5-10H2,(H,23,24)/t12-,16+/m0/s1. The quantitative estimate of drug-likeness (QED) is 0.901. The summed E-state index contributed by atoms with van der Waals surface area (Å²) in [4.78, 5) is 25.6. The molecule has 2 aliphatic rings. The maximum atomic E-state index is 13.1. The third-order valence-corrected chi connectivity index (χ3v) is 5.15. The van der Waals surface area contributed by atoms with E-state index >= 15 is 0 Å². The molecule has 2 heterocycles. The first-order valence-corrected chi connectivity index (χ1v) is 7.98. The van der Waals surface area contributed by atoms with Gasteiger partial charge in [-0.05, 0) is 18.1 Å². The van der Waals surface area contributed by atoms with E-state index in [4.69, 9.17) is 4.74 Å². The van der Waals surface area contributed by atoms with Crippen molar-refractivity contribution in [2.24, 2.45) is 11.3 Å². The van der Waals surface area contributed by atoms with Gasteiger partial charge in [-0.25, -0.2) is 0 Å². The van der Waals surface area contributed by atoms with E-state index in [1.54, 1.807) is 0 Å². The van der Waals surface area contributed by atoms with Gasteiger partial charge in [0.25, 0.3) is 0 Å². The van der Waals surface area contributed by atoms with Crippen LogP contribution in [0.2, 0.25) is 0 Å². The Hall–Kier alpha value is -2.09. The summed E-state index contributed by atoms with van der Waals surface area (Å²) in [6, 6.07) is 4.95. The number of halogens is 3. The molecule has 1 aromatic carbocycles. The van der Waals surface area contributed by atoms with Gasteiger partial charge in [-0.1, -0.05) is 18.2 Å². The number of carbonyl (C=O) groups excluding carboxylic acids is 1. The molecule has 0 aromatic heterocycles. The Kier molecular flexibility index (Phi) is 4.49. The number of rotatable bonds is 3. The third kappa shape index (κ3) is 3.22. The van der Waals surface area contributed by atoms with Crippen LogP contribution in [0.25, 0.3) is 0 Å². The summed E-state index contributed by atoms with van der Waals surface area (Å²) in [7, 11) is 0. The maximum absolute atomic E-state index is 13.1. The Morgan fingerprint density at radius 2 is 2.04 bits per heavy atom. The first-order valence-electron chi connectivity index (χ1n) is 7.98. The highest BCUT2D eigenvalue weighted by molar-refractivity contribution is 5.83. The summed E-state index contributed by atoms with van der Waals surface area (Å²) in [5.41, 5.74) is -2.00. The van der Waals surface area contributed by atoms with E-state index < -0.39 is 35.5 Å². The van der Waals surface area contributed by atoms with Gasteiger partial charge in [-0.15, -0.1) is 0 Å². The fraction of sp³-hybridized carbons (Fsp3) is 0.529. The summed E-state index contributed by atoms with van der Waals surface area (Å²) in [5, 5.41) is 9.60. The molecule has 1 aromatic rings. The number of hydrogen-bond donors (Lipinski definition) is 1. The zero-order chi connectivity index (χ0) is 18.2. The Bertz CT molecular complexity index is 691. The van der Waals surface area contributed by atoms with Crippen molar-refractivity contribution in [2.75, 3.05) is 26.3 Å². The van der Waals surface area contributed by atoms with Crippen molar-refractivity contribution < 1.29 is 32.6 Å². The first-order chi connectivity index (χ1) is 11.7. The second-order valence-corrected chi connectivity index (χ2v) is 6.59. The minimum absolute atomic E-state index is 0.0172. The van der Waals surface area contributed by atoms with Crippen molar-refractivity contribution in [1.82, 2.24) is 4.90 Å². The highest BCUT2D eigenvalue weighted by Crippen LogP contribution is 2.42. The van der Waals surface area contributed by atoms with E-state index in [9.17, 15) is 27.9 Å². The van der Waals surface area contributed by atoms with Gasteiger partial charge in [-0.2, -0.15) is 13.2 Å². The zero-order valence-corrected chi connectivity index (χ0v) is 13.4. The Balaban J connectivity index is 1.79. The molecule has 0 aliphatic carbocycles. The fourth-order valence-corrected chi connectivity index (χ4v) is 3.72. The summed E-state index contributed by atoms with van der Waals surface area (Å²) >= 11 is 0. The van der Waals surface area contributed by atoms with E-state index in [1.165, 1.54) is 23.1 Å². The van der Waals surface area contributed by atoms with Gasteiger partial charge >= 0.3 is 12.1 Å². The molecule has 8 heteroatoms. The highest BCUT2D eigenvalue weighted by atomic mass is 19.4. The fourth-order valence-electron chi connectivity index (χ4n) is 3.72. The minimum atomic E-state index is -4.54. The number of carbonyl (C=O) groups is 2. The van der Waals surface area contributed by atoms with E-state index in [0.29, 0.717) is 13.0 Å². The van der Waals surface area contributed by atoms with E-state index in [0.717, 1.165) is 6.07 Å². The van der Waals surface area contributed by atoms with Crippen LogP contribution in [0.4, 0.5) is 13.2 Å². The molecule has 2 aliphatic heterocycles. The van der Waals surface area contributed by atoms with Gasteiger partial charge in [0, 0.05) is 25.6 Å². The van der Waals surface area contributed by atoms with Crippen molar-refractivity contribution in [3.05, 3.63) is 35.4 Å². The predicted molar refractivity (Wildman–Crippen MR) is 80.7 cm³/mol. The number of benzene rings is 1. The van der Waals surface area contributed by atoms with Crippen molar-refractivity contribution in [2.45, 2.75) is 19.0 Å². The van der Waals surface area contributed by atoms with Gasteiger partial charge in [0.2, 0.25) is 5.91 Å². The van der Waals surface area contributed by atoms with Crippen LogP contribution in [0.5, 0.6) is 0 Å². The van der Waals surface area contributed by atoms with Crippen LogP contribution in [0, 0.1) is 11.3 Å². The smallest absolute Gasteiger partial charge is 0.416 e. The van der Waals surface area contributed by atoms with E-state index in [-0.39, 0.29) is 31.2 Å². The molecule has 0 spiro atoms. The summed E-state index contributed by atoms with van der Waals surface area (Å²) in [6.07, 6.45) is -4.64. The third-order valence-electron chi connectivity index (χ3n) is 5.15. The van der Waals surface area contributed by atoms with Gasteiger partial charge in [-0.3, -0.25) is 9.59 Å². The van der Waals surface area contributed by atoms with Crippen LogP contribution in [-0.2, 0) is 26.9 Å². The molecule has 0 saturated carbocycles. The zero-order valence-electron chi connectivity index (χ0n) is 13.4. The number of hydrogen-bond acceptors (Lipinski definition) is 3. The summed E-state index contributed by atoms with van der Waals surface area (Å²) < 4.78 is 44.5. The molecule has 0 unspecified atom stereocenters. The molecule has 0 radical (unpaired) electrons. The minimum Gasteiger partial charge on any atom is -0.481 e. The van der Waals surface area contributed by atoms with E-state index in [1.807, 2.05) is 0 Å². The average Bonchev–Trinajstić information content (AvgIpc) is 2.95. The number of nitrogens with zero attached hydrogens (tertiary/aromatic N) is 1. The van der Waals surface area contributed by atoms with Crippen LogP contribution in [0.15, 0.2) is 24.3 Å². The monoisotopic (exact) mass is 357 g/mol. The normalized spacial score (nSPS) is 26.4. The lowest BCUT2D eigenvalue weighted by molar-refractivity contribution is -0.157. The summed E-state index contributed by atoms with van der Waals surface area (Å²) in [6.45, 7) is 0.764. The Morgan fingerprint density at radius 1 is 1.32 bits per heavy atom.